The maximum absolute atomic E-state index is 12.7. The largest absolute Gasteiger partial charge is 0.346 e. The van der Waals surface area contributed by atoms with Crippen molar-refractivity contribution in [1.82, 2.24) is 19.8 Å². The highest BCUT2D eigenvalue weighted by molar-refractivity contribution is 7.10. The number of nitrogens with zero attached hydrogens (tertiary/aromatic N) is 3. The van der Waals surface area contributed by atoms with Crippen molar-refractivity contribution in [2.24, 2.45) is 5.92 Å². The first-order valence-electron chi connectivity index (χ1n) is 10.5. The third kappa shape index (κ3) is 5.83. The predicted molar refractivity (Wildman–Crippen MR) is 126 cm³/mol. The Labute approximate surface area is 195 Å². The van der Waals surface area contributed by atoms with Crippen LogP contribution in [0.15, 0.2) is 54.6 Å². The number of likely N-dealkylation sites (tertiary alicyclic amines) is 1. The Morgan fingerprint density at radius 1 is 1.03 bits per heavy atom. The van der Waals surface area contributed by atoms with Crippen LogP contribution in [0.25, 0.3) is 0 Å². The van der Waals surface area contributed by atoms with Crippen molar-refractivity contribution in [3.63, 3.8) is 0 Å². The minimum Gasteiger partial charge on any atom is -0.346 e. The van der Waals surface area contributed by atoms with Gasteiger partial charge in [-0.25, -0.2) is 4.79 Å². The summed E-state index contributed by atoms with van der Waals surface area (Å²) >= 11 is 6.88. The second kappa shape index (κ2) is 10.6. The average molecular weight is 470 g/mol. The van der Waals surface area contributed by atoms with E-state index in [1.807, 2.05) is 18.2 Å². The number of nitrogens with one attached hydrogen (secondary N) is 2. The summed E-state index contributed by atoms with van der Waals surface area (Å²) in [6.07, 6.45) is 2.95. The molecule has 1 aromatic heterocycles. The van der Waals surface area contributed by atoms with Crippen molar-refractivity contribution in [3.05, 3.63) is 76.4 Å². The summed E-state index contributed by atoms with van der Waals surface area (Å²) in [5.41, 5.74) is 2.37. The zero-order valence-electron chi connectivity index (χ0n) is 17.5. The number of rotatable bonds is 6. The molecule has 2 N–H and O–H groups in total. The third-order valence-corrected chi connectivity index (χ3v) is 6.45. The Balaban J connectivity index is 1.27. The van der Waals surface area contributed by atoms with Crippen molar-refractivity contribution in [1.29, 1.82) is 0 Å². The summed E-state index contributed by atoms with van der Waals surface area (Å²) in [6, 6.07) is 17.4. The summed E-state index contributed by atoms with van der Waals surface area (Å²) in [5.74, 6) is 0.186. The highest BCUT2D eigenvalue weighted by atomic mass is 35.5. The van der Waals surface area contributed by atoms with Crippen LogP contribution in [-0.4, -0.2) is 39.5 Å². The maximum Gasteiger partial charge on any atom is 0.322 e. The Kier molecular flexibility index (Phi) is 7.34. The number of amides is 3. The highest BCUT2D eigenvalue weighted by Gasteiger charge is 2.25. The van der Waals surface area contributed by atoms with Gasteiger partial charge in [0.05, 0.1) is 0 Å². The molecule has 1 aliphatic heterocycles. The summed E-state index contributed by atoms with van der Waals surface area (Å²) in [6.45, 7) is 1.71. The Bertz CT molecular complexity index is 1050. The van der Waals surface area contributed by atoms with Crippen LogP contribution in [0.4, 0.5) is 9.80 Å². The monoisotopic (exact) mass is 469 g/mol. The Hall–Kier alpha value is -2.97. The second-order valence-corrected chi connectivity index (χ2v) is 9.00. The topological polar surface area (TPSA) is 87.2 Å². The van der Waals surface area contributed by atoms with E-state index < -0.39 is 0 Å². The van der Waals surface area contributed by atoms with Gasteiger partial charge in [0, 0.05) is 36.2 Å². The van der Waals surface area contributed by atoms with E-state index in [0.29, 0.717) is 35.6 Å². The molecule has 3 aromatic rings. The first kappa shape index (κ1) is 22.2. The SMILES string of the molecule is O=C(NCc1ccc(Cl)cc1)c1nnsc1NC(=O)N1CCC(Cc2ccccc2)CC1. The van der Waals surface area contributed by atoms with E-state index in [4.69, 9.17) is 11.6 Å². The van der Waals surface area contributed by atoms with Crippen molar-refractivity contribution in [2.45, 2.75) is 25.8 Å². The molecule has 7 nitrogen and oxygen atoms in total. The summed E-state index contributed by atoms with van der Waals surface area (Å²) in [4.78, 5) is 27.1. The smallest absolute Gasteiger partial charge is 0.322 e. The Morgan fingerprint density at radius 2 is 1.75 bits per heavy atom. The van der Waals surface area contributed by atoms with Gasteiger partial charge >= 0.3 is 6.03 Å². The summed E-state index contributed by atoms with van der Waals surface area (Å²) in [7, 11) is 0. The molecule has 1 saturated heterocycles. The fourth-order valence-electron chi connectivity index (χ4n) is 3.75. The van der Waals surface area contributed by atoms with Crippen molar-refractivity contribution in [3.8, 4) is 0 Å². The molecule has 0 unspecified atom stereocenters. The quantitative estimate of drug-likeness (QED) is 0.552. The van der Waals surface area contributed by atoms with E-state index in [9.17, 15) is 9.59 Å². The fourth-order valence-corrected chi connectivity index (χ4v) is 4.44. The van der Waals surface area contributed by atoms with E-state index in [0.717, 1.165) is 36.4 Å². The second-order valence-electron chi connectivity index (χ2n) is 7.81. The zero-order valence-corrected chi connectivity index (χ0v) is 19.0. The number of carbonyl (C=O) groups is 2. The molecule has 3 amide bonds. The van der Waals surface area contributed by atoms with Gasteiger partial charge in [-0.2, -0.15) is 0 Å². The molecule has 0 saturated carbocycles. The predicted octanol–water partition coefficient (Wildman–Crippen LogP) is 4.61. The first-order valence-corrected chi connectivity index (χ1v) is 11.7. The minimum absolute atomic E-state index is 0.122. The molecule has 9 heteroatoms. The van der Waals surface area contributed by atoms with Gasteiger partial charge in [0.2, 0.25) is 0 Å². The number of hydrogen-bond donors (Lipinski definition) is 2. The number of benzene rings is 2. The van der Waals surface area contributed by atoms with Crippen LogP contribution in [0.3, 0.4) is 0 Å². The lowest BCUT2D eigenvalue weighted by molar-refractivity contribution is 0.0946. The average Bonchev–Trinajstić information content (AvgIpc) is 3.28. The van der Waals surface area contributed by atoms with Crippen molar-refractivity contribution >= 4 is 40.1 Å². The lowest BCUT2D eigenvalue weighted by Crippen LogP contribution is -2.41. The lowest BCUT2D eigenvalue weighted by Gasteiger charge is -2.32. The van der Waals surface area contributed by atoms with E-state index in [1.165, 1.54) is 5.56 Å². The number of urea groups is 1. The van der Waals surface area contributed by atoms with E-state index in [1.54, 1.807) is 17.0 Å². The van der Waals surface area contributed by atoms with Crippen LogP contribution < -0.4 is 10.6 Å². The normalized spacial score (nSPS) is 14.2. The van der Waals surface area contributed by atoms with Crippen LogP contribution in [0.5, 0.6) is 0 Å². The molecule has 0 bridgehead atoms. The zero-order chi connectivity index (χ0) is 22.3. The number of piperidine rings is 1. The summed E-state index contributed by atoms with van der Waals surface area (Å²) in [5, 5.41) is 10.5. The van der Waals surface area contributed by atoms with Crippen LogP contribution in [-0.2, 0) is 13.0 Å². The van der Waals surface area contributed by atoms with Gasteiger partial charge in [-0.15, -0.1) is 5.10 Å². The van der Waals surface area contributed by atoms with E-state index in [-0.39, 0.29) is 17.6 Å². The molecule has 2 heterocycles. The Morgan fingerprint density at radius 3 is 2.47 bits per heavy atom. The van der Waals surface area contributed by atoms with Crippen LogP contribution in [0, 0.1) is 5.92 Å². The van der Waals surface area contributed by atoms with Gasteiger partial charge < -0.3 is 10.2 Å². The van der Waals surface area contributed by atoms with E-state index >= 15 is 0 Å². The first-order chi connectivity index (χ1) is 15.6. The molecule has 0 radical (unpaired) electrons. The molecule has 4 rings (SSSR count). The molecule has 0 aliphatic carbocycles. The van der Waals surface area contributed by atoms with E-state index in [2.05, 4.69) is 44.5 Å². The summed E-state index contributed by atoms with van der Waals surface area (Å²) < 4.78 is 3.85. The van der Waals surface area contributed by atoms with Crippen LogP contribution in [0.2, 0.25) is 5.02 Å². The lowest BCUT2D eigenvalue weighted by atomic mass is 9.90. The van der Waals surface area contributed by atoms with Crippen molar-refractivity contribution < 1.29 is 9.59 Å². The fraction of sp³-hybridized carbons (Fsp3) is 0.304. The molecule has 1 aliphatic rings. The number of halogens is 1. The number of aromatic nitrogens is 2. The van der Waals surface area contributed by atoms with Gasteiger partial charge in [0.15, 0.2) is 10.7 Å². The molecule has 2 aromatic carbocycles. The highest BCUT2D eigenvalue weighted by Crippen LogP contribution is 2.24. The van der Waals surface area contributed by atoms with Crippen molar-refractivity contribution in [2.75, 3.05) is 18.4 Å². The number of anilines is 1. The number of carbonyl (C=O) groups excluding carboxylic acids is 2. The minimum atomic E-state index is -0.384. The molecule has 32 heavy (non-hydrogen) atoms. The van der Waals surface area contributed by atoms with Gasteiger partial charge in [0.1, 0.15) is 0 Å². The standard InChI is InChI=1S/C23H24ClN5O2S/c24-19-8-6-18(7-9-19)15-25-21(30)20-22(32-28-27-20)26-23(31)29-12-10-17(11-13-29)14-16-4-2-1-3-5-16/h1-9,17H,10-15H2,(H,25,30)(H,26,31). The van der Waals surface area contributed by atoms with Gasteiger partial charge in [0.25, 0.3) is 5.91 Å². The van der Waals surface area contributed by atoms with Gasteiger partial charge in [-0.05, 0) is 48.4 Å². The van der Waals surface area contributed by atoms with Crippen LogP contribution >= 0.6 is 23.1 Å². The molecule has 1 fully saturated rings. The maximum atomic E-state index is 12.7. The van der Waals surface area contributed by atoms with Crippen LogP contribution in [0.1, 0.15) is 34.5 Å². The third-order valence-electron chi connectivity index (χ3n) is 5.56. The molecule has 0 spiro atoms. The molecular weight excluding hydrogens is 446 g/mol. The van der Waals surface area contributed by atoms with Gasteiger partial charge in [-0.1, -0.05) is 58.6 Å². The number of hydrogen-bond acceptors (Lipinski definition) is 5. The van der Waals surface area contributed by atoms with Gasteiger partial charge in [-0.3, -0.25) is 10.1 Å². The molecule has 166 valence electrons. The molecule has 0 atom stereocenters. The molecular formula is C23H24ClN5O2S.